The van der Waals surface area contributed by atoms with Gasteiger partial charge in [0.1, 0.15) is 5.60 Å². The molecule has 2 aliphatic heterocycles. The number of guanidine groups is 1. The Labute approximate surface area is 210 Å². The lowest BCUT2D eigenvalue weighted by molar-refractivity contribution is 0.0285. The summed E-state index contributed by atoms with van der Waals surface area (Å²) in [5, 5.41) is 3.52. The van der Waals surface area contributed by atoms with Crippen molar-refractivity contribution in [2.75, 3.05) is 40.3 Å². The first-order chi connectivity index (χ1) is 14.7. The van der Waals surface area contributed by atoms with E-state index in [1.54, 1.807) is 11.9 Å². The highest BCUT2D eigenvalue weighted by atomic mass is 127. The minimum Gasteiger partial charge on any atom is -0.444 e. The molecule has 2 fully saturated rings. The van der Waals surface area contributed by atoms with Crippen molar-refractivity contribution in [2.24, 2.45) is 4.99 Å². The Hall–Kier alpha value is -1.55. The lowest BCUT2D eigenvalue weighted by Gasteiger charge is -2.25. The van der Waals surface area contributed by atoms with Crippen LogP contribution in [0.3, 0.4) is 0 Å². The fraction of sp³-hybridized carbons (Fsp3) is 0.667. The summed E-state index contributed by atoms with van der Waals surface area (Å²) < 4.78 is 5.42. The number of rotatable bonds is 5. The van der Waals surface area contributed by atoms with Crippen molar-refractivity contribution in [3.63, 3.8) is 0 Å². The minimum atomic E-state index is -0.483. The summed E-state index contributed by atoms with van der Waals surface area (Å²) in [6, 6.07) is 9.02. The third-order valence-corrected chi connectivity index (χ3v) is 5.93. The van der Waals surface area contributed by atoms with E-state index >= 15 is 0 Å². The van der Waals surface area contributed by atoms with Gasteiger partial charge in [0.05, 0.1) is 0 Å². The highest BCUT2D eigenvalue weighted by Crippen LogP contribution is 2.20. The van der Waals surface area contributed by atoms with E-state index in [0.29, 0.717) is 12.6 Å². The van der Waals surface area contributed by atoms with Crippen LogP contribution in [-0.4, -0.2) is 78.7 Å². The number of nitrogens with one attached hydrogen (secondary N) is 1. The smallest absolute Gasteiger partial charge is 0.410 e. The summed E-state index contributed by atoms with van der Waals surface area (Å²) in [4.78, 5) is 23.3. The number of amides is 1. The third kappa shape index (κ3) is 7.79. The summed E-state index contributed by atoms with van der Waals surface area (Å²) in [5.74, 6) is 0.982. The van der Waals surface area contributed by atoms with Crippen LogP contribution in [0.5, 0.6) is 0 Å². The van der Waals surface area contributed by atoms with Gasteiger partial charge in [-0.05, 0) is 64.3 Å². The van der Waals surface area contributed by atoms with Gasteiger partial charge < -0.3 is 19.9 Å². The Balaban J connectivity index is 0.00000363. The van der Waals surface area contributed by atoms with Gasteiger partial charge >= 0.3 is 6.09 Å². The number of nitrogens with zero attached hydrogens (tertiary/aromatic N) is 4. The van der Waals surface area contributed by atoms with Gasteiger partial charge in [0.2, 0.25) is 0 Å². The Kier molecular flexibility index (Phi) is 10.1. The molecule has 1 atom stereocenters. The second-order valence-corrected chi connectivity index (χ2v) is 9.69. The molecular weight excluding hydrogens is 517 g/mol. The van der Waals surface area contributed by atoms with Gasteiger partial charge in [-0.3, -0.25) is 9.89 Å². The van der Waals surface area contributed by atoms with Crippen LogP contribution in [0.1, 0.15) is 51.2 Å². The molecule has 1 aromatic rings. The first-order valence-corrected chi connectivity index (χ1v) is 11.5. The van der Waals surface area contributed by atoms with Gasteiger partial charge in [-0.2, -0.15) is 0 Å². The molecule has 32 heavy (non-hydrogen) atoms. The van der Waals surface area contributed by atoms with E-state index < -0.39 is 5.60 Å². The number of hydrogen-bond donors (Lipinski definition) is 1. The quantitative estimate of drug-likeness (QED) is 0.338. The molecule has 2 aliphatic rings. The molecule has 0 spiro atoms. The van der Waals surface area contributed by atoms with Gasteiger partial charge in [0, 0.05) is 46.3 Å². The second-order valence-electron chi connectivity index (χ2n) is 9.69. The molecule has 1 unspecified atom stereocenters. The average Bonchev–Trinajstić information content (AvgIpc) is 3.40. The average molecular weight is 558 g/mol. The lowest BCUT2D eigenvalue weighted by Crippen LogP contribution is -2.42. The van der Waals surface area contributed by atoms with Crippen molar-refractivity contribution in [3.05, 3.63) is 35.4 Å². The van der Waals surface area contributed by atoms with Crippen LogP contribution in [0, 0.1) is 0 Å². The van der Waals surface area contributed by atoms with E-state index in [4.69, 9.17) is 4.74 Å². The maximum absolute atomic E-state index is 12.1. The molecule has 180 valence electrons. The summed E-state index contributed by atoms with van der Waals surface area (Å²) >= 11 is 0. The molecule has 2 heterocycles. The van der Waals surface area contributed by atoms with E-state index in [-0.39, 0.29) is 30.1 Å². The summed E-state index contributed by atoms with van der Waals surface area (Å²) in [6.07, 6.45) is 3.60. The van der Waals surface area contributed by atoms with E-state index in [0.717, 1.165) is 31.2 Å². The molecule has 0 saturated carbocycles. The molecule has 3 rings (SSSR count). The number of hydrogen-bond acceptors (Lipinski definition) is 4. The molecular formula is C24H40IN5O2. The topological polar surface area (TPSA) is 60.4 Å². The normalized spacial score (nSPS) is 19.6. The molecule has 7 nitrogen and oxygen atoms in total. The highest BCUT2D eigenvalue weighted by Gasteiger charge is 2.30. The van der Waals surface area contributed by atoms with Crippen LogP contribution in [0.25, 0.3) is 0 Å². The molecule has 8 heteroatoms. The fourth-order valence-electron chi connectivity index (χ4n) is 4.29. The predicted molar refractivity (Wildman–Crippen MR) is 141 cm³/mol. The molecule has 1 aromatic carbocycles. The van der Waals surface area contributed by atoms with E-state index in [1.165, 1.54) is 37.9 Å². The number of carbonyl (C=O) groups excluding carboxylic acids is 1. The molecule has 0 radical (unpaired) electrons. The van der Waals surface area contributed by atoms with Crippen molar-refractivity contribution in [1.29, 1.82) is 0 Å². The van der Waals surface area contributed by atoms with Gasteiger partial charge in [-0.25, -0.2) is 4.79 Å². The first kappa shape index (κ1) is 26.7. The minimum absolute atomic E-state index is 0. The lowest BCUT2D eigenvalue weighted by atomic mass is 10.1. The van der Waals surface area contributed by atoms with Crippen LogP contribution in [0.4, 0.5) is 4.79 Å². The van der Waals surface area contributed by atoms with Crippen molar-refractivity contribution < 1.29 is 9.53 Å². The van der Waals surface area contributed by atoms with Crippen molar-refractivity contribution in [1.82, 2.24) is 20.0 Å². The zero-order valence-electron chi connectivity index (χ0n) is 20.3. The van der Waals surface area contributed by atoms with Crippen LogP contribution < -0.4 is 5.32 Å². The number of carbonyl (C=O) groups is 1. The van der Waals surface area contributed by atoms with Gasteiger partial charge in [0.15, 0.2) is 5.96 Å². The standard InChI is InChI=1S/C24H39N5O2.HI/c1-24(2,3)31-23(30)27(5)17-20-10-8-19(9-11-20)16-26-22(25-4)29-15-12-21(18-29)28-13-6-7-14-28;/h8-11,21H,6-7,12-18H2,1-5H3,(H,25,26);1H. The number of likely N-dealkylation sites (tertiary alicyclic amines) is 2. The summed E-state index contributed by atoms with van der Waals surface area (Å²) in [6.45, 7) is 11.5. The Bertz CT molecular complexity index is 757. The fourth-order valence-corrected chi connectivity index (χ4v) is 4.29. The Morgan fingerprint density at radius 1 is 1.16 bits per heavy atom. The van der Waals surface area contributed by atoms with Gasteiger partial charge in [-0.1, -0.05) is 24.3 Å². The Morgan fingerprint density at radius 2 is 1.78 bits per heavy atom. The zero-order valence-corrected chi connectivity index (χ0v) is 22.6. The van der Waals surface area contributed by atoms with Crippen molar-refractivity contribution in [2.45, 2.75) is 64.8 Å². The second kappa shape index (κ2) is 12.1. The molecule has 1 amide bonds. The van der Waals surface area contributed by atoms with Crippen LogP contribution >= 0.6 is 24.0 Å². The van der Waals surface area contributed by atoms with E-state index in [2.05, 4.69) is 44.4 Å². The summed E-state index contributed by atoms with van der Waals surface area (Å²) in [7, 11) is 3.63. The van der Waals surface area contributed by atoms with Crippen molar-refractivity contribution in [3.8, 4) is 0 Å². The number of halogens is 1. The van der Waals surface area contributed by atoms with Crippen LogP contribution in [0.2, 0.25) is 0 Å². The number of aliphatic imine (C=N–C) groups is 1. The van der Waals surface area contributed by atoms with Crippen molar-refractivity contribution >= 4 is 36.0 Å². The molecule has 0 aliphatic carbocycles. The highest BCUT2D eigenvalue weighted by molar-refractivity contribution is 14.0. The van der Waals surface area contributed by atoms with E-state index in [9.17, 15) is 4.79 Å². The van der Waals surface area contributed by atoms with E-state index in [1.807, 2.05) is 27.8 Å². The molecule has 1 N–H and O–H groups in total. The SMILES string of the molecule is CN=C(NCc1ccc(CN(C)C(=O)OC(C)(C)C)cc1)N1CCC(N2CCCC2)C1.I. The first-order valence-electron chi connectivity index (χ1n) is 11.5. The Morgan fingerprint density at radius 3 is 2.38 bits per heavy atom. The molecule has 2 saturated heterocycles. The third-order valence-electron chi connectivity index (χ3n) is 5.93. The zero-order chi connectivity index (χ0) is 22.4. The summed E-state index contributed by atoms with van der Waals surface area (Å²) in [5.41, 5.74) is 1.79. The number of ether oxygens (including phenoxy) is 1. The monoisotopic (exact) mass is 557 g/mol. The number of benzene rings is 1. The predicted octanol–water partition coefficient (Wildman–Crippen LogP) is 3.92. The maximum atomic E-state index is 12.1. The van der Waals surface area contributed by atoms with Crippen LogP contribution in [0.15, 0.2) is 29.3 Å². The largest absolute Gasteiger partial charge is 0.444 e. The van der Waals surface area contributed by atoms with Crippen LogP contribution in [-0.2, 0) is 17.8 Å². The van der Waals surface area contributed by atoms with Gasteiger partial charge in [0.25, 0.3) is 0 Å². The molecule has 0 bridgehead atoms. The molecule has 0 aromatic heterocycles. The van der Waals surface area contributed by atoms with Gasteiger partial charge in [-0.15, -0.1) is 24.0 Å². The maximum Gasteiger partial charge on any atom is 0.410 e.